The van der Waals surface area contributed by atoms with Crippen molar-refractivity contribution in [1.29, 1.82) is 0 Å². The minimum atomic E-state index is -0.391. The van der Waals surface area contributed by atoms with Gasteiger partial charge >= 0.3 is 0 Å². The molecule has 0 unspecified atom stereocenters. The molecule has 1 aromatic carbocycles. The molecule has 0 aliphatic heterocycles. The van der Waals surface area contributed by atoms with Gasteiger partial charge < -0.3 is 0 Å². The van der Waals surface area contributed by atoms with Gasteiger partial charge in [0.2, 0.25) is 0 Å². The first-order chi connectivity index (χ1) is 6.02. The Hall–Kier alpha value is 0.430. The lowest BCUT2D eigenvalue weighted by molar-refractivity contribution is 0.101. The van der Waals surface area contributed by atoms with E-state index in [0.29, 0.717) is 15.6 Å². The molecule has 0 bridgehead atoms. The van der Waals surface area contributed by atoms with Crippen LogP contribution in [0.2, 0.25) is 10.0 Å². The molecule has 0 aromatic heterocycles. The number of ketones is 1. The van der Waals surface area contributed by atoms with Crippen molar-refractivity contribution in [3.05, 3.63) is 33.8 Å². The number of benzene rings is 1. The van der Waals surface area contributed by atoms with Gasteiger partial charge in [-0.1, -0.05) is 55.1 Å². The molecule has 13 heavy (non-hydrogen) atoms. The van der Waals surface area contributed by atoms with Gasteiger partial charge in [0.1, 0.15) is 3.74 Å². The Labute approximate surface area is 103 Å². The second kappa shape index (κ2) is 4.78. The topological polar surface area (TPSA) is 17.1 Å². The van der Waals surface area contributed by atoms with E-state index in [1.54, 1.807) is 18.2 Å². The molecule has 0 atom stereocenters. The molecule has 0 heterocycles. The summed E-state index contributed by atoms with van der Waals surface area (Å²) in [6.45, 7) is 0. The summed E-state index contributed by atoms with van der Waals surface area (Å²) in [4.78, 5) is 11.4. The maximum absolute atomic E-state index is 11.4. The van der Waals surface area contributed by atoms with Crippen molar-refractivity contribution in [2.24, 2.45) is 0 Å². The number of alkyl halides is 2. The van der Waals surface area contributed by atoms with Crippen molar-refractivity contribution in [2.45, 2.75) is 3.74 Å². The summed E-state index contributed by atoms with van der Waals surface area (Å²) in [5.74, 6) is -0.0847. The van der Waals surface area contributed by atoms with Gasteiger partial charge in [-0.25, -0.2) is 0 Å². The van der Waals surface area contributed by atoms with Crippen LogP contribution in [-0.4, -0.2) is 9.52 Å². The van der Waals surface area contributed by atoms with Gasteiger partial charge in [0.25, 0.3) is 0 Å². The molecule has 1 rings (SSSR count). The average molecular weight is 347 g/mol. The van der Waals surface area contributed by atoms with Gasteiger partial charge in [0.15, 0.2) is 5.78 Å². The first-order valence-corrected chi connectivity index (χ1v) is 5.88. The number of hydrogen-bond donors (Lipinski definition) is 0. The maximum Gasteiger partial charge on any atom is 0.187 e. The fraction of sp³-hybridized carbons (Fsp3) is 0.125. The van der Waals surface area contributed by atoms with E-state index < -0.39 is 3.74 Å². The van der Waals surface area contributed by atoms with Crippen molar-refractivity contribution in [1.82, 2.24) is 0 Å². The summed E-state index contributed by atoms with van der Waals surface area (Å²) < 4.78 is -0.391. The van der Waals surface area contributed by atoms with Gasteiger partial charge in [-0.2, -0.15) is 0 Å². The molecule has 0 aliphatic carbocycles. The monoisotopic (exact) mass is 344 g/mol. The van der Waals surface area contributed by atoms with E-state index in [1.807, 2.05) is 0 Å². The van der Waals surface area contributed by atoms with E-state index >= 15 is 0 Å². The minimum Gasteiger partial charge on any atom is -0.292 e. The smallest absolute Gasteiger partial charge is 0.187 e. The fourth-order valence-corrected chi connectivity index (χ4v) is 1.60. The largest absolute Gasteiger partial charge is 0.292 e. The van der Waals surface area contributed by atoms with E-state index in [-0.39, 0.29) is 5.78 Å². The number of halogens is 4. The van der Waals surface area contributed by atoms with Gasteiger partial charge in [-0.15, -0.1) is 0 Å². The molecule has 0 spiro atoms. The fourth-order valence-electron chi connectivity index (χ4n) is 0.775. The lowest BCUT2D eigenvalue weighted by Gasteiger charge is -2.02. The van der Waals surface area contributed by atoms with Crippen LogP contribution < -0.4 is 0 Å². The van der Waals surface area contributed by atoms with Crippen LogP contribution in [0.3, 0.4) is 0 Å². The SMILES string of the molecule is O=C(c1ccc(Cl)c(Cl)c1)C(Br)Br. The predicted octanol–water partition coefficient (Wildman–Crippen LogP) is 4.29. The van der Waals surface area contributed by atoms with Crippen molar-refractivity contribution in [3.8, 4) is 0 Å². The first kappa shape index (κ1) is 11.5. The molecule has 0 amide bonds. The Morgan fingerprint density at radius 2 is 1.85 bits per heavy atom. The Balaban J connectivity index is 3.04. The number of carbonyl (C=O) groups excluding carboxylic acids is 1. The lowest BCUT2D eigenvalue weighted by atomic mass is 10.1. The summed E-state index contributed by atoms with van der Waals surface area (Å²) in [5.41, 5.74) is 0.521. The highest BCUT2D eigenvalue weighted by Gasteiger charge is 2.14. The van der Waals surface area contributed by atoms with Crippen molar-refractivity contribution in [2.75, 3.05) is 0 Å². The predicted molar refractivity (Wildman–Crippen MR) is 62.4 cm³/mol. The molecular weight excluding hydrogens is 343 g/mol. The van der Waals surface area contributed by atoms with Crippen LogP contribution in [0.4, 0.5) is 0 Å². The van der Waals surface area contributed by atoms with E-state index in [1.165, 1.54) is 0 Å². The first-order valence-electron chi connectivity index (χ1n) is 3.30. The van der Waals surface area contributed by atoms with Crippen LogP contribution >= 0.6 is 55.1 Å². The molecule has 0 saturated heterocycles. The zero-order chi connectivity index (χ0) is 10.0. The normalized spacial score (nSPS) is 10.5. The van der Waals surface area contributed by atoms with E-state index in [0.717, 1.165) is 0 Å². The van der Waals surface area contributed by atoms with Crippen molar-refractivity contribution >= 4 is 60.8 Å². The minimum absolute atomic E-state index is 0.0847. The Morgan fingerprint density at radius 1 is 1.23 bits per heavy atom. The molecule has 5 heteroatoms. The zero-order valence-electron chi connectivity index (χ0n) is 6.23. The standard InChI is InChI=1S/C8H4Br2Cl2O/c9-8(10)7(13)4-1-2-5(11)6(12)3-4/h1-3,8H. The third-order valence-electron chi connectivity index (χ3n) is 1.40. The Bertz CT molecular complexity index is 339. The lowest BCUT2D eigenvalue weighted by Crippen LogP contribution is -2.06. The van der Waals surface area contributed by atoms with E-state index in [4.69, 9.17) is 23.2 Å². The summed E-state index contributed by atoms with van der Waals surface area (Å²) in [7, 11) is 0. The number of rotatable bonds is 2. The van der Waals surface area contributed by atoms with Gasteiger partial charge in [-0.3, -0.25) is 4.79 Å². The molecule has 0 aliphatic rings. The highest BCUT2D eigenvalue weighted by molar-refractivity contribution is 9.25. The van der Waals surface area contributed by atoms with Crippen LogP contribution in [0.15, 0.2) is 18.2 Å². The van der Waals surface area contributed by atoms with Gasteiger partial charge in [-0.05, 0) is 18.2 Å². The van der Waals surface area contributed by atoms with Gasteiger partial charge in [0, 0.05) is 5.56 Å². The summed E-state index contributed by atoms with van der Waals surface area (Å²) >= 11 is 17.7. The number of hydrogen-bond acceptors (Lipinski definition) is 1. The second-order valence-corrected chi connectivity index (χ2v) is 6.17. The Kier molecular flexibility index (Phi) is 4.23. The quantitative estimate of drug-likeness (QED) is 0.576. The summed E-state index contributed by atoms with van der Waals surface area (Å²) in [5, 5.41) is 0.826. The van der Waals surface area contributed by atoms with Crippen molar-refractivity contribution in [3.63, 3.8) is 0 Å². The molecule has 1 aromatic rings. The third kappa shape index (κ3) is 2.94. The van der Waals surface area contributed by atoms with Crippen LogP contribution in [0.5, 0.6) is 0 Å². The number of carbonyl (C=O) groups is 1. The molecule has 0 fully saturated rings. The van der Waals surface area contributed by atoms with Gasteiger partial charge in [0.05, 0.1) is 10.0 Å². The highest BCUT2D eigenvalue weighted by atomic mass is 79.9. The van der Waals surface area contributed by atoms with E-state index in [2.05, 4.69) is 31.9 Å². The molecule has 0 radical (unpaired) electrons. The van der Waals surface area contributed by atoms with Crippen molar-refractivity contribution < 1.29 is 4.79 Å². The Morgan fingerprint density at radius 3 is 2.31 bits per heavy atom. The molecular formula is C8H4Br2Cl2O. The molecule has 0 N–H and O–H groups in total. The molecule has 0 saturated carbocycles. The van der Waals surface area contributed by atoms with Crippen LogP contribution in [0.25, 0.3) is 0 Å². The van der Waals surface area contributed by atoms with Crippen LogP contribution in [-0.2, 0) is 0 Å². The number of Topliss-reactive ketones (excluding diaryl/α,β-unsaturated/α-hetero) is 1. The van der Waals surface area contributed by atoms with Crippen LogP contribution in [0.1, 0.15) is 10.4 Å². The van der Waals surface area contributed by atoms with Crippen LogP contribution in [0, 0.1) is 0 Å². The zero-order valence-corrected chi connectivity index (χ0v) is 10.9. The summed E-state index contributed by atoms with van der Waals surface area (Å²) in [6.07, 6.45) is 0. The second-order valence-electron chi connectivity index (χ2n) is 2.29. The molecule has 1 nitrogen and oxygen atoms in total. The maximum atomic E-state index is 11.4. The molecule has 70 valence electrons. The highest BCUT2D eigenvalue weighted by Crippen LogP contribution is 2.24. The average Bonchev–Trinajstić information content (AvgIpc) is 2.08. The third-order valence-corrected chi connectivity index (χ3v) is 2.97. The van der Waals surface area contributed by atoms with E-state index in [9.17, 15) is 4.79 Å². The summed E-state index contributed by atoms with van der Waals surface area (Å²) in [6, 6.07) is 4.77.